The monoisotopic (exact) mass is 305 g/mol. The summed E-state index contributed by atoms with van der Waals surface area (Å²) in [6.07, 6.45) is 5.04. The van der Waals surface area contributed by atoms with Crippen LogP contribution >= 0.6 is 0 Å². The molecule has 0 radical (unpaired) electrons. The standard InChI is InChI=1S/C17H15N5O/c1-19-17-15-10-21-16(18)7-14(15)11(8-22-17)3-4-12-5-6-13(23-2)9-20-12/h5-10H,1-2H3,(H2,18,21)(H,19,22). The molecule has 6 nitrogen and oxygen atoms in total. The Balaban J connectivity index is 2.06. The number of pyridine rings is 3. The molecule has 0 spiro atoms. The van der Waals surface area contributed by atoms with Gasteiger partial charge in [0.15, 0.2) is 0 Å². The zero-order valence-electron chi connectivity index (χ0n) is 12.8. The minimum absolute atomic E-state index is 0.441. The lowest BCUT2D eigenvalue weighted by molar-refractivity contribution is 0.413. The van der Waals surface area contributed by atoms with Gasteiger partial charge in [0.1, 0.15) is 23.1 Å². The van der Waals surface area contributed by atoms with E-state index in [9.17, 15) is 0 Å². The zero-order valence-corrected chi connectivity index (χ0v) is 12.8. The number of nitrogens with one attached hydrogen (secondary N) is 1. The van der Waals surface area contributed by atoms with Crippen molar-refractivity contribution in [1.29, 1.82) is 0 Å². The van der Waals surface area contributed by atoms with E-state index in [0.29, 0.717) is 17.3 Å². The van der Waals surface area contributed by atoms with Gasteiger partial charge in [-0.25, -0.2) is 15.0 Å². The second-order valence-electron chi connectivity index (χ2n) is 4.76. The van der Waals surface area contributed by atoms with Crippen molar-refractivity contribution in [2.45, 2.75) is 0 Å². The Labute approximate surface area is 133 Å². The number of nitrogen functional groups attached to an aromatic ring is 1. The molecular formula is C17H15N5O. The third kappa shape index (κ3) is 2.99. The van der Waals surface area contributed by atoms with Crippen LogP contribution in [0.15, 0.2) is 36.8 Å². The Morgan fingerprint density at radius 2 is 1.91 bits per heavy atom. The fraction of sp³-hybridized carbons (Fsp3) is 0.118. The van der Waals surface area contributed by atoms with Crippen molar-refractivity contribution in [2.24, 2.45) is 0 Å². The Morgan fingerprint density at radius 1 is 1.04 bits per heavy atom. The molecule has 23 heavy (non-hydrogen) atoms. The number of aromatic nitrogens is 3. The molecule has 3 N–H and O–H groups in total. The first-order valence-electron chi connectivity index (χ1n) is 6.95. The summed E-state index contributed by atoms with van der Waals surface area (Å²) in [6.45, 7) is 0. The lowest BCUT2D eigenvalue weighted by Gasteiger charge is -2.06. The maximum Gasteiger partial charge on any atom is 0.137 e. The van der Waals surface area contributed by atoms with Crippen molar-refractivity contribution in [3.63, 3.8) is 0 Å². The molecule has 0 unspecified atom stereocenters. The molecule has 0 fully saturated rings. The van der Waals surface area contributed by atoms with Crippen molar-refractivity contribution in [2.75, 3.05) is 25.2 Å². The van der Waals surface area contributed by atoms with Gasteiger partial charge in [-0.05, 0) is 24.1 Å². The van der Waals surface area contributed by atoms with Crippen molar-refractivity contribution >= 4 is 22.4 Å². The van der Waals surface area contributed by atoms with Crippen LogP contribution in [0.1, 0.15) is 11.3 Å². The normalized spacial score (nSPS) is 10.0. The van der Waals surface area contributed by atoms with E-state index in [1.165, 1.54) is 0 Å². The lowest BCUT2D eigenvalue weighted by Crippen LogP contribution is -1.97. The number of anilines is 2. The molecule has 0 aromatic carbocycles. The van der Waals surface area contributed by atoms with E-state index in [-0.39, 0.29) is 0 Å². The molecular weight excluding hydrogens is 290 g/mol. The van der Waals surface area contributed by atoms with Crippen LogP contribution < -0.4 is 15.8 Å². The second kappa shape index (κ2) is 6.20. The van der Waals surface area contributed by atoms with Crippen molar-refractivity contribution < 1.29 is 4.74 Å². The van der Waals surface area contributed by atoms with Gasteiger partial charge in [-0.2, -0.15) is 0 Å². The molecule has 114 valence electrons. The van der Waals surface area contributed by atoms with E-state index in [1.807, 2.05) is 13.1 Å². The molecule has 0 saturated carbocycles. The molecule has 0 aliphatic rings. The predicted molar refractivity (Wildman–Crippen MR) is 90.3 cm³/mol. The maximum atomic E-state index is 5.80. The third-order valence-corrected chi connectivity index (χ3v) is 3.33. The van der Waals surface area contributed by atoms with Crippen molar-refractivity contribution in [3.05, 3.63) is 48.0 Å². The summed E-state index contributed by atoms with van der Waals surface area (Å²) in [5.74, 6) is 7.99. The number of fused-ring (bicyclic) bond motifs is 1. The summed E-state index contributed by atoms with van der Waals surface area (Å²) in [5, 5.41) is 4.81. The van der Waals surface area contributed by atoms with Crippen LogP contribution in [0.3, 0.4) is 0 Å². The van der Waals surface area contributed by atoms with Crippen LogP contribution in [0, 0.1) is 11.8 Å². The van der Waals surface area contributed by atoms with Crippen molar-refractivity contribution in [1.82, 2.24) is 15.0 Å². The highest BCUT2D eigenvalue weighted by molar-refractivity contribution is 5.96. The number of hydrogen-bond acceptors (Lipinski definition) is 6. The molecule has 0 aliphatic heterocycles. The van der Waals surface area contributed by atoms with Crippen molar-refractivity contribution in [3.8, 4) is 17.6 Å². The van der Waals surface area contributed by atoms with Crippen LogP contribution in [0.2, 0.25) is 0 Å². The summed E-state index contributed by atoms with van der Waals surface area (Å²) >= 11 is 0. The predicted octanol–water partition coefficient (Wildman–Crippen LogP) is 2.06. The molecule has 6 heteroatoms. The first-order valence-corrected chi connectivity index (χ1v) is 6.95. The van der Waals surface area contributed by atoms with Crippen LogP contribution in [0.5, 0.6) is 5.75 Å². The minimum Gasteiger partial charge on any atom is -0.495 e. The van der Waals surface area contributed by atoms with Crippen LogP contribution in [0.25, 0.3) is 10.8 Å². The highest BCUT2D eigenvalue weighted by Gasteiger charge is 2.06. The molecule has 3 aromatic rings. The van der Waals surface area contributed by atoms with Crippen LogP contribution in [0.4, 0.5) is 11.6 Å². The number of methoxy groups -OCH3 is 1. The van der Waals surface area contributed by atoms with Gasteiger partial charge in [-0.15, -0.1) is 0 Å². The summed E-state index contributed by atoms with van der Waals surface area (Å²) in [5.41, 5.74) is 7.22. The van der Waals surface area contributed by atoms with Crippen LogP contribution in [-0.4, -0.2) is 29.1 Å². The smallest absolute Gasteiger partial charge is 0.137 e. The fourth-order valence-corrected chi connectivity index (χ4v) is 2.16. The summed E-state index contributed by atoms with van der Waals surface area (Å²) < 4.78 is 5.08. The van der Waals surface area contributed by atoms with E-state index in [4.69, 9.17) is 10.5 Å². The summed E-state index contributed by atoms with van der Waals surface area (Å²) in [4.78, 5) is 12.7. The third-order valence-electron chi connectivity index (χ3n) is 3.33. The number of nitrogens with two attached hydrogens (primary N) is 1. The zero-order chi connectivity index (χ0) is 16.2. The Morgan fingerprint density at radius 3 is 2.61 bits per heavy atom. The summed E-state index contributed by atoms with van der Waals surface area (Å²) in [6, 6.07) is 5.42. The average molecular weight is 305 g/mol. The Hall–Kier alpha value is -3.33. The van der Waals surface area contributed by atoms with E-state index < -0.39 is 0 Å². The van der Waals surface area contributed by atoms with Gasteiger partial charge in [0.25, 0.3) is 0 Å². The minimum atomic E-state index is 0.441. The molecule has 0 amide bonds. The maximum absolute atomic E-state index is 5.80. The number of rotatable bonds is 2. The highest BCUT2D eigenvalue weighted by Crippen LogP contribution is 2.24. The van der Waals surface area contributed by atoms with E-state index >= 15 is 0 Å². The van der Waals surface area contributed by atoms with Gasteiger partial charge < -0.3 is 15.8 Å². The van der Waals surface area contributed by atoms with Gasteiger partial charge in [-0.3, -0.25) is 0 Å². The topological polar surface area (TPSA) is 86.0 Å². The molecule has 0 bridgehead atoms. The second-order valence-corrected chi connectivity index (χ2v) is 4.76. The molecule has 0 saturated heterocycles. The largest absolute Gasteiger partial charge is 0.495 e. The van der Waals surface area contributed by atoms with E-state index in [1.54, 1.807) is 37.8 Å². The van der Waals surface area contributed by atoms with E-state index in [0.717, 1.165) is 22.2 Å². The molecule has 0 atom stereocenters. The summed E-state index contributed by atoms with van der Waals surface area (Å²) in [7, 11) is 3.41. The molecule has 3 aromatic heterocycles. The quantitative estimate of drug-likeness (QED) is 0.705. The fourth-order valence-electron chi connectivity index (χ4n) is 2.16. The van der Waals surface area contributed by atoms with Gasteiger partial charge >= 0.3 is 0 Å². The average Bonchev–Trinajstić information content (AvgIpc) is 2.60. The van der Waals surface area contributed by atoms with Gasteiger partial charge in [0, 0.05) is 30.2 Å². The number of nitrogens with zero attached hydrogens (tertiary/aromatic N) is 3. The van der Waals surface area contributed by atoms with Gasteiger partial charge in [0.2, 0.25) is 0 Å². The van der Waals surface area contributed by atoms with Gasteiger partial charge in [-0.1, -0.05) is 5.92 Å². The highest BCUT2D eigenvalue weighted by atomic mass is 16.5. The Bertz CT molecular complexity index is 910. The van der Waals surface area contributed by atoms with E-state index in [2.05, 4.69) is 32.1 Å². The lowest BCUT2D eigenvalue weighted by atomic mass is 10.1. The molecule has 3 rings (SSSR count). The van der Waals surface area contributed by atoms with Gasteiger partial charge in [0.05, 0.1) is 18.9 Å². The number of hydrogen-bond donors (Lipinski definition) is 2. The molecule has 3 heterocycles. The Kier molecular flexibility index (Phi) is 3.93. The molecule has 0 aliphatic carbocycles. The first kappa shape index (κ1) is 14.6. The SMILES string of the molecule is CNc1ncc(C#Cc2ccc(OC)cn2)c2cc(N)ncc12. The first-order chi connectivity index (χ1) is 11.2. The van der Waals surface area contributed by atoms with Crippen LogP contribution in [-0.2, 0) is 0 Å². The number of ether oxygens (including phenoxy) is 1.